The molecule has 2 aromatic rings. The molecule has 0 unspecified atom stereocenters. The highest BCUT2D eigenvalue weighted by Gasteiger charge is 2.31. The summed E-state index contributed by atoms with van der Waals surface area (Å²) in [4.78, 5) is 21.9. The van der Waals surface area contributed by atoms with Gasteiger partial charge in [-0.05, 0) is 68.9 Å². The van der Waals surface area contributed by atoms with E-state index in [1.807, 2.05) is 0 Å². The molecule has 2 aromatic carbocycles. The molecule has 0 saturated heterocycles. The van der Waals surface area contributed by atoms with Gasteiger partial charge in [0.05, 0.1) is 15.4 Å². The molecule has 0 heterocycles. The molecule has 0 radical (unpaired) electrons. The number of hydrogen-bond acceptors (Lipinski definition) is 7. The minimum atomic E-state index is -4.10. The molecule has 3 rings (SSSR count). The molecule has 0 aliphatic heterocycles. The molecule has 0 bridgehead atoms. The summed E-state index contributed by atoms with van der Waals surface area (Å²) < 4.78 is 26.5. The SMILES string of the molecule is CC1(O)CCC(CNc2c([N+](=O)[O-])cccc2S(=O)(=O)c2ccc(C(N)=O)cc2)CC1. The summed E-state index contributed by atoms with van der Waals surface area (Å²) in [6.07, 6.45) is 2.70. The van der Waals surface area contributed by atoms with Crippen LogP contribution in [0.1, 0.15) is 43.0 Å². The second-order valence-electron chi connectivity index (χ2n) is 8.12. The average molecular weight is 448 g/mol. The number of nitro benzene ring substituents is 1. The number of carbonyl (C=O) groups is 1. The highest BCUT2D eigenvalue weighted by molar-refractivity contribution is 7.91. The molecule has 1 saturated carbocycles. The van der Waals surface area contributed by atoms with Gasteiger partial charge in [-0.25, -0.2) is 8.42 Å². The van der Waals surface area contributed by atoms with Gasteiger partial charge in [-0.2, -0.15) is 0 Å². The van der Waals surface area contributed by atoms with Crippen LogP contribution in [-0.4, -0.2) is 36.5 Å². The van der Waals surface area contributed by atoms with Crippen molar-refractivity contribution < 1.29 is 23.2 Å². The first-order chi connectivity index (χ1) is 14.5. The standard InChI is InChI=1S/C21H25N3O6S/c1-21(26)11-9-14(10-12-21)13-23-19-17(24(27)28)3-2-4-18(19)31(29,30)16-7-5-15(6-8-16)20(22)25/h2-8,14,23,26H,9-13H2,1H3,(H2,22,25). The molecule has 1 aliphatic carbocycles. The van der Waals surface area contributed by atoms with E-state index in [0.717, 1.165) is 12.8 Å². The Morgan fingerprint density at radius 1 is 1.23 bits per heavy atom. The maximum absolute atomic E-state index is 13.2. The van der Waals surface area contributed by atoms with Gasteiger partial charge in [0.1, 0.15) is 10.6 Å². The first-order valence-electron chi connectivity index (χ1n) is 9.90. The van der Waals surface area contributed by atoms with Crippen molar-refractivity contribution >= 4 is 27.1 Å². The van der Waals surface area contributed by atoms with Crippen LogP contribution in [0.3, 0.4) is 0 Å². The number of benzene rings is 2. The first kappa shape index (κ1) is 22.7. The van der Waals surface area contributed by atoms with Crippen LogP contribution >= 0.6 is 0 Å². The van der Waals surface area contributed by atoms with Crippen molar-refractivity contribution in [2.24, 2.45) is 11.7 Å². The third-order valence-corrected chi connectivity index (χ3v) is 7.50. The van der Waals surface area contributed by atoms with E-state index in [2.05, 4.69) is 5.32 Å². The van der Waals surface area contributed by atoms with Crippen molar-refractivity contribution in [2.75, 3.05) is 11.9 Å². The minimum Gasteiger partial charge on any atom is -0.390 e. The molecule has 166 valence electrons. The van der Waals surface area contributed by atoms with Gasteiger partial charge >= 0.3 is 0 Å². The Labute approximate surface area is 180 Å². The number of primary amides is 1. The average Bonchev–Trinajstić information content (AvgIpc) is 2.72. The molecular weight excluding hydrogens is 422 g/mol. The summed E-state index contributed by atoms with van der Waals surface area (Å²) in [5, 5.41) is 24.7. The maximum Gasteiger partial charge on any atom is 0.293 e. The quantitative estimate of drug-likeness (QED) is 0.436. The van der Waals surface area contributed by atoms with E-state index in [-0.39, 0.29) is 32.6 Å². The van der Waals surface area contributed by atoms with E-state index in [1.165, 1.54) is 42.5 Å². The predicted octanol–water partition coefficient (Wildman–Crippen LogP) is 2.88. The number of rotatable bonds is 7. The van der Waals surface area contributed by atoms with Gasteiger partial charge in [0.2, 0.25) is 15.7 Å². The van der Waals surface area contributed by atoms with Crippen molar-refractivity contribution in [3.63, 3.8) is 0 Å². The largest absolute Gasteiger partial charge is 0.390 e. The highest BCUT2D eigenvalue weighted by Crippen LogP contribution is 2.37. The second-order valence-corrected chi connectivity index (χ2v) is 10.0. The third kappa shape index (κ3) is 5.02. The van der Waals surface area contributed by atoms with E-state index in [1.54, 1.807) is 6.92 Å². The molecule has 0 aromatic heterocycles. The van der Waals surface area contributed by atoms with Crippen molar-refractivity contribution in [2.45, 2.75) is 48.0 Å². The monoisotopic (exact) mass is 447 g/mol. The lowest BCUT2D eigenvalue weighted by atomic mass is 9.80. The molecule has 1 amide bonds. The lowest BCUT2D eigenvalue weighted by molar-refractivity contribution is -0.384. The molecule has 0 spiro atoms. The highest BCUT2D eigenvalue weighted by atomic mass is 32.2. The Kier molecular flexibility index (Phi) is 6.33. The van der Waals surface area contributed by atoms with Crippen LogP contribution in [0.2, 0.25) is 0 Å². The molecule has 9 nitrogen and oxygen atoms in total. The smallest absolute Gasteiger partial charge is 0.293 e. The summed E-state index contributed by atoms with van der Waals surface area (Å²) in [5.74, 6) is -0.529. The number of sulfone groups is 1. The number of hydrogen-bond donors (Lipinski definition) is 3. The lowest BCUT2D eigenvalue weighted by Gasteiger charge is -2.33. The van der Waals surface area contributed by atoms with Crippen molar-refractivity contribution in [3.05, 3.63) is 58.1 Å². The zero-order valence-electron chi connectivity index (χ0n) is 17.1. The third-order valence-electron chi connectivity index (χ3n) is 5.69. The van der Waals surface area contributed by atoms with Gasteiger partial charge in [0.15, 0.2) is 0 Å². The van der Waals surface area contributed by atoms with Crippen LogP contribution < -0.4 is 11.1 Å². The van der Waals surface area contributed by atoms with Crippen LogP contribution in [0.25, 0.3) is 0 Å². The summed E-state index contributed by atoms with van der Waals surface area (Å²) >= 11 is 0. The minimum absolute atomic E-state index is 0.0659. The number of nitrogens with one attached hydrogen (secondary N) is 1. The van der Waals surface area contributed by atoms with Crippen LogP contribution in [0.15, 0.2) is 52.3 Å². The Hall–Kier alpha value is -2.98. The second kappa shape index (κ2) is 8.64. The maximum atomic E-state index is 13.2. The van der Waals surface area contributed by atoms with E-state index in [9.17, 15) is 28.4 Å². The number of anilines is 1. The van der Waals surface area contributed by atoms with Gasteiger partial charge in [-0.1, -0.05) is 6.07 Å². The van der Waals surface area contributed by atoms with E-state index < -0.39 is 26.3 Å². The van der Waals surface area contributed by atoms with Gasteiger partial charge in [0.25, 0.3) is 5.69 Å². The Morgan fingerprint density at radius 2 is 1.84 bits per heavy atom. The van der Waals surface area contributed by atoms with Crippen molar-refractivity contribution in [1.82, 2.24) is 0 Å². The Balaban J connectivity index is 1.94. The number of nitro groups is 1. The molecular formula is C21H25N3O6S. The summed E-state index contributed by atoms with van der Waals surface area (Å²) in [5.41, 5.74) is 4.25. The van der Waals surface area contributed by atoms with Gasteiger partial charge < -0.3 is 16.2 Å². The summed E-state index contributed by atoms with van der Waals surface area (Å²) in [6.45, 7) is 2.14. The number of amides is 1. The first-order valence-corrected chi connectivity index (χ1v) is 11.4. The normalized spacial score (nSPS) is 21.4. The number of nitrogens with two attached hydrogens (primary N) is 1. The molecule has 1 fully saturated rings. The molecule has 1 aliphatic rings. The van der Waals surface area contributed by atoms with Gasteiger partial charge in [-0.15, -0.1) is 0 Å². The Morgan fingerprint density at radius 3 is 2.39 bits per heavy atom. The zero-order chi connectivity index (χ0) is 22.8. The van der Waals surface area contributed by atoms with Gasteiger partial charge in [0, 0.05) is 18.2 Å². The Bertz CT molecular complexity index is 1090. The fourth-order valence-corrected chi connectivity index (χ4v) is 5.20. The topological polar surface area (TPSA) is 153 Å². The van der Waals surface area contributed by atoms with Crippen LogP contribution in [0, 0.1) is 16.0 Å². The van der Waals surface area contributed by atoms with E-state index in [4.69, 9.17) is 5.73 Å². The predicted molar refractivity (Wildman–Crippen MR) is 115 cm³/mol. The van der Waals surface area contributed by atoms with Crippen molar-refractivity contribution in [3.8, 4) is 0 Å². The molecule has 0 atom stereocenters. The van der Waals surface area contributed by atoms with Crippen molar-refractivity contribution in [1.29, 1.82) is 0 Å². The fraction of sp³-hybridized carbons (Fsp3) is 0.381. The fourth-order valence-electron chi connectivity index (χ4n) is 3.75. The number of nitrogens with zero attached hydrogens (tertiary/aromatic N) is 1. The number of aliphatic hydroxyl groups is 1. The summed E-state index contributed by atoms with van der Waals surface area (Å²) in [7, 11) is -4.10. The zero-order valence-corrected chi connectivity index (χ0v) is 17.9. The van der Waals surface area contributed by atoms with E-state index in [0.29, 0.717) is 19.4 Å². The molecule has 10 heteroatoms. The lowest BCUT2D eigenvalue weighted by Crippen LogP contribution is -2.32. The number of para-hydroxylation sites is 1. The van der Waals surface area contributed by atoms with E-state index >= 15 is 0 Å². The van der Waals surface area contributed by atoms with Gasteiger partial charge in [-0.3, -0.25) is 14.9 Å². The summed E-state index contributed by atoms with van der Waals surface area (Å²) in [6, 6.07) is 9.00. The molecule has 31 heavy (non-hydrogen) atoms. The van der Waals surface area contributed by atoms with Crippen LogP contribution in [0.4, 0.5) is 11.4 Å². The van der Waals surface area contributed by atoms with Crippen LogP contribution in [0.5, 0.6) is 0 Å². The molecule has 4 N–H and O–H groups in total. The van der Waals surface area contributed by atoms with Crippen LogP contribution in [-0.2, 0) is 9.84 Å². The number of carbonyl (C=O) groups excluding carboxylic acids is 1.